The van der Waals surface area contributed by atoms with Gasteiger partial charge < -0.3 is 9.47 Å². The number of hydrogen-bond donors (Lipinski definition) is 0. The number of fused-ring (bicyclic) bond motifs is 1. The summed E-state index contributed by atoms with van der Waals surface area (Å²) in [6.07, 6.45) is 3.00. The first kappa shape index (κ1) is 26.0. The van der Waals surface area contributed by atoms with Crippen LogP contribution in [0, 0.1) is 5.41 Å². The van der Waals surface area contributed by atoms with Gasteiger partial charge in [-0.1, -0.05) is 79.8 Å². The van der Waals surface area contributed by atoms with Crippen LogP contribution in [0.2, 0.25) is 0 Å². The Hall–Kier alpha value is -4.23. The summed E-state index contributed by atoms with van der Waals surface area (Å²) < 4.78 is 13.5. The molecule has 0 bridgehead atoms. The molecule has 0 radical (unpaired) electrons. The third-order valence-corrected chi connectivity index (χ3v) is 8.34. The fraction of sp³-hybridized carbons (Fsp3) is 0.242. The molecule has 2 heterocycles. The van der Waals surface area contributed by atoms with Gasteiger partial charge in [-0.2, -0.15) is 0 Å². The van der Waals surface area contributed by atoms with Gasteiger partial charge in [0.25, 0.3) is 5.56 Å². The number of ether oxygens (including phenoxy) is 2. The number of rotatable bonds is 6. The average molecular weight is 551 g/mol. The van der Waals surface area contributed by atoms with Crippen molar-refractivity contribution < 1.29 is 14.3 Å². The molecule has 7 heteroatoms. The lowest BCUT2D eigenvalue weighted by Gasteiger charge is -2.35. The molecule has 1 unspecified atom stereocenters. The van der Waals surface area contributed by atoms with Crippen LogP contribution in [-0.2, 0) is 11.4 Å². The van der Waals surface area contributed by atoms with Crippen molar-refractivity contribution in [2.75, 3.05) is 7.11 Å². The molecule has 0 N–H and O–H groups in total. The van der Waals surface area contributed by atoms with Gasteiger partial charge in [-0.3, -0.25) is 14.2 Å². The van der Waals surface area contributed by atoms with Crippen LogP contribution in [0.15, 0.2) is 99.9 Å². The molecule has 6 nitrogen and oxygen atoms in total. The number of carbonyl (C=O) groups excluding carboxylic acids is 1. The zero-order valence-corrected chi connectivity index (χ0v) is 23.5. The number of nitrogens with zero attached hydrogens (tertiary/aromatic N) is 2. The smallest absolute Gasteiger partial charge is 0.271 e. The molecule has 0 saturated heterocycles. The maximum Gasteiger partial charge on any atom is 0.271 e. The molecule has 0 fully saturated rings. The number of allylic oxidation sites excluding steroid dienone is 2. The largest absolute Gasteiger partial charge is 0.497 e. The Morgan fingerprint density at radius 1 is 0.950 bits per heavy atom. The molecular weight excluding hydrogens is 520 g/mol. The van der Waals surface area contributed by atoms with E-state index in [0.29, 0.717) is 34.4 Å². The topological polar surface area (TPSA) is 69.9 Å². The Labute approximate surface area is 236 Å². The van der Waals surface area contributed by atoms with Crippen LogP contribution in [0.25, 0.3) is 6.08 Å². The summed E-state index contributed by atoms with van der Waals surface area (Å²) in [7, 11) is 1.62. The molecule has 1 aromatic heterocycles. The SMILES string of the molecule is COc1ccc(C2C3=C(CC(C)(C)CC3=O)N=c3sc(=Cc4ccc(OCc5ccccc5)cc4)c(=O)n32)cc1. The highest BCUT2D eigenvalue weighted by Gasteiger charge is 2.40. The lowest BCUT2D eigenvalue weighted by molar-refractivity contribution is -0.118. The Balaban J connectivity index is 1.38. The molecule has 1 atom stereocenters. The molecule has 3 aromatic carbocycles. The molecule has 40 heavy (non-hydrogen) atoms. The van der Waals surface area contributed by atoms with Crippen LogP contribution in [0.3, 0.4) is 0 Å². The fourth-order valence-electron chi connectivity index (χ4n) is 5.40. The Bertz CT molecular complexity index is 1780. The first-order chi connectivity index (χ1) is 19.3. The van der Waals surface area contributed by atoms with E-state index in [0.717, 1.165) is 33.9 Å². The molecule has 0 amide bonds. The molecule has 0 spiro atoms. The quantitative estimate of drug-likeness (QED) is 0.331. The standard InChI is InChI=1S/C33H30N2O4S/c1-33(2)18-26-29(27(36)19-33)30(23-11-15-24(38-3)16-12-23)35-31(37)28(40-32(35)34-26)17-21-9-13-25(14-10-21)39-20-22-7-5-4-6-8-22/h4-17,30H,18-20H2,1-3H3. The number of hydrogen-bond acceptors (Lipinski definition) is 6. The van der Waals surface area contributed by atoms with E-state index in [-0.39, 0.29) is 16.8 Å². The van der Waals surface area contributed by atoms with Crippen molar-refractivity contribution in [1.82, 2.24) is 4.57 Å². The summed E-state index contributed by atoms with van der Waals surface area (Å²) >= 11 is 1.36. The molecule has 1 aliphatic carbocycles. The number of benzene rings is 3. The molecule has 4 aromatic rings. The van der Waals surface area contributed by atoms with Gasteiger partial charge in [0.2, 0.25) is 0 Å². The Kier molecular flexibility index (Phi) is 6.76. The van der Waals surface area contributed by atoms with Gasteiger partial charge >= 0.3 is 0 Å². The highest BCUT2D eigenvalue weighted by Crippen LogP contribution is 2.43. The number of carbonyl (C=O) groups is 1. The van der Waals surface area contributed by atoms with Gasteiger partial charge in [0.1, 0.15) is 18.1 Å². The highest BCUT2D eigenvalue weighted by molar-refractivity contribution is 7.07. The molecule has 1 aliphatic heterocycles. The fourth-order valence-corrected chi connectivity index (χ4v) is 6.42. The zero-order valence-electron chi connectivity index (χ0n) is 22.7. The summed E-state index contributed by atoms with van der Waals surface area (Å²) in [5.74, 6) is 1.53. The van der Waals surface area contributed by atoms with Crippen LogP contribution in [0.1, 0.15) is 49.4 Å². The van der Waals surface area contributed by atoms with E-state index in [2.05, 4.69) is 13.8 Å². The van der Waals surface area contributed by atoms with Crippen LogP contribution in [0.4, 0.5) is 0 Å². The van der Waals surface area contributed by atoms with E-state index in [1.165, 1.54) is 11.3 Å². The van der Waals surface area contributed by atoms with Crippen LogP contribution < -0.4 is 24.4 Å². The van der Waals surface area contributed by atoms with Crippen molar-refractivity contribution in [2.24, 2.45) is 10.4 Å². The van der Waals surface area contributed by atoms with E-state index in [1.807, 2.05) is 84.9 Å². The molecular formula is C33H30N2O4S. The van der Waals surface area contributed by atoms with Crippen molar-refractivity contribution in [3.05, 3.63) is 127 Å². The number of ketones is 1. The van der Waals surface area contributed by atoms with Crippen LogP contribution in [0.5, 0.6) is 11.5 Å². The van der Waals surface area contributed by atoms with Crippen molar-refractivity contribution in [3.8, 4) is 11.5 Å². The van der Waals surface area contributed by atoms with Crippen molar-refractivity contribution in [1.29, 1.82) is 0 Å². The summed E-state index contributed by atoms with van der Waals surface area (Å²) in [5, 5.41) is 0. The Morgan fingerprint density at radius 3 is 2.35 bits per heavy atom. The monoisotopic (exact) mass is 550 g/mol. The summed E-state index contributed by atoms with van der Waals surface area (Å²) in [5.41, 5.74) is 3.94. The van der Waals surface area contributed by atoms with Gasteiger partial charge in [0.05, 0.1) is 23.4 Å². The minimum atomic E-state index is -0.517. The third-order valence-electron chi connectivity index (χ3n) is 7.35. The summed E-state index contributed by atoms with van der Waals surface area (Å²) in [4.78, 5) is 32.8. The minimum Gasteiger partial charge on any atom is -0.497 e. The Morgan fingerprint density at radius 2 is 1.65 bits per heavy atom. The lowest BCUT2D eigenvalue weighted by atomic mass is 9.73. The van der Waals surface area contributed by atoms with Crippen molar-refractivity contribution in [3.63, 3.8) is 0 Å². The average Bonchev–Trinajstić information content (AvgIpc) is 3.25. The minimum absolute atomic E-state index is 0.0520. The summed E-state index contributed by atoms with van der Waals surface area (Å²) in [6.45, 7) is 4.68. The number of aromatic nitrogens is 1. The first-order valence-electron chi connectivity index (χ1n) is 13.3. The highest BCUT2D eigenvalue weighted by atomic mass is 32.1. The van der Waals surface area contributed by atoms with E-state index in [1.54, 1.807) is 11.7 Å². The normalized spacial score (nSPS) is 18.1. The van der Waals surface area contributed by atoms with Crippen molar-refractivity contribution in [2.45, 2.75) is 39.3 Å². The first-order valence-corrected chi connectivity index (χ1v) is 14.1. The lowest BCUT2D eigenvalue weighted by Crippen LogP contribution is -2.42. The molecule has 6 rings (SSSR count). The van der Waals surface area contributed by atoms with Gasteiger partial charge in [0.15, 0.2) is 10.6 Å². The second-order valence-corrected chi connectivity index (χ2v) is 12.0. The van der Waals surface area contributed by atoms with Gasteiger partial charge in [-0.15, -0.1) is 0 Å². The van der Waals surface area contributed by atoms with E-state index in [9.17, 15) is 9.59 Å². The van der Waals surface area contributed by atoms with Gasteiger partial charge in [-0.05, 0) is 58.9 Å². The zero-order chi connectivity index (χ0) is 27.9. The van der Waals surface area contributed by atoms with Gasteiger partial charge in [0, 0.05) is 12.0 Å². The molecule has 2 aliphatic rings. The molecule has 0 saturated carbocycles. The van der Waals surface area contributed by atoms with E-state index >= 15 is 0 Å². The summed E-state index contributed by atoms with van der Waals surface area (Å²) in [6, 6.07) is 24.8. The van der Waals surface area contributed by atoms with Crippen LogP contribution in [-0.4, -0.2) is 17.5 Å². The van der Waals surface area contributed by atoms with Crippen LogP contribution >= 0.6 is 11.3 Å². The molecule has 202 valence electrons. The number of methoxy groups -OCH3 is 1. The second kappa shape index (κ2) is 10.4. The number of Topliss-reactive ketones (excluding diaryl/α,β-unsaturated/α-hetero) is 1. The second-order valence-electron chi connectivity index (χ2n) is 11.0. The van der Waals surface area contributed by atoms with E-state index < -0.39 is 6.04 Å². The predicted molar refractivity (Wildman–Crippen MR) is 156 cm³/mol. The van der Waals surface area contributed by atoms with Gasteiger partial charge in [-0.25, -0.2) is 4.99 Å². The van der Waals surface area contributed by atoms with E-state index in [4.69, 9.17) is 14.5 Å². The third kappa shape index (κ3) is 5.05. The predicted octanol–water partition coefficient (Wildman–Crippen LogP) is 5.19. The number of thiazole rings is 1. The van der Waals surface area contributed by atoms with Crippen molar-refractivity contribution >= 4 is 23.2 Å². The maximum absolute atomic E-state index is 13.9. The maximum atomic E-state index is 13.9.